The lowest BCUT2D eigenvalue weighted by Gasteiger charge is -2.20. The smallest absolute Gasteiger partial charge is 0.341 e. The van der Waals surface area contributed by atoms with Crippen LogP contribution in [0.15, 0.2) is 23.1 Å². The molecule has 0 unspecified atom stereocenters. The fourth-order valence-corrected chi connectivity index (χ4v) is 4.30. The van der Waals surface area contributed by atoms with E-state index in [0.717, 1.165) is 12.8 Å². The van der Waals surface area contributed by atoms with Crippen LogP contribution in [-0.4, -0.2) is 70.5 Å². The molecule has 0 bridgehead atoms. The van der Waals surface area contributed by atoms with Crippen LogP contribution >= 0.6 is 0 Å². The van der Waals surface area contributed by atoms with Gasteiger partial charge in [-0.2, -0.15) is 4.31 Å². The molecule has 1 aliphatic rings. The molecule has 0 N–H and O–H groups in total. The number of hydrogen-bond acceptors (Lipinski definition) is 6. The molecule has 0 spiro atoms. The van der Waals surface area contributed by atoms with Crippen LogP contribution in [0.25, 0.3) is 0 Å². The van der Waals surface area contributed by atoms with Crippen LogP contribution in [-0.2, 0) is 14.8 Å². The molecule has 8 heteroatoms. The lowest BCUT2D eigenvalue weighted by Crippen LogP contribution is -2.34. The fraction of sp³-hybridized carbons (Fsp3) is 0.588. The zero-order chi connectivity index (χ0) is 18.6. The van der Waals surface area contributed by atoms with Crippen molar-refractivity contribution in [3.05, 3.63) is 23.8 Å². The normalized spacial score (nSPS) is 18.5. The molecule has 1 atom stereocenters. The molecule has 1 heterocycles. The minimum Gasteiger partial charge on any atom is -0.493 e. The molecule has 140 valence electrons. The fourth-order valence-electron chi connectivity index (χ4n) is 2.78. The van der Waals surface area contributed by atoms with Gasteiger partial charge in [-0.3, -0.25) is 0 Å². The summed E-state index contributed by atoms with van der Waals surface area (Å²) in [5.74, 6) is -0.281. The Kier molecular flexibility index (Phi) is 6.42. The van der Waals surface area contributed by atoms with Crippen molar-refractivity contribution in [3.8, 4) is 5.75 Å². The molecule has 0 amide bonds. The third kappa shape index (κ3) is 4.31. The van der Waals surface area contributed by atoms with Crippen LogP contribution in [0.1, 0.15) is 30.1 Å². The number of benzene rings is 1. The van der Waals surface area contributed by atoms with Crippen LogP contribution in [0.3, 0.4) is 0 Å². The zero-order valence-electron chi connectivity index (χ0n) is 15.2. The van der Waals surface area contributed by atoms with Crippen molar-refractivity contribution in [1.82, 2.24) is 9.21 Å². The van der Waals surface area contributed by atoms with Crippen molar-refractivity contribution in [2.45, 2.75) is 30.7 Å². The lowest BCUT2D eigenvalue weighted by atomic mass is 10.2. The summed E-state index contributed by atoms with van der Waals surface area (Å²) in [5.41, 5.74) is 0.125. The van der Waals surface area contributed by atoms with E-state index in [1.165, 1.54) is 29.6 Å². The number of nitrogens with zero attached hydrogens (tertiary/aromatic N) is 2. The van der Waals surface area contributed by atoms with Crippen LogP contribution in [0.2, 0.25) is 0 Å². The maximum Gasteiger partial charge on any atom is 0.341 e. The number of methoxy groups -OCH3 is 1. The van der Waals surface area contributed by atoms with Gasteiger partial charge in [0.2, 0.25) is 10.0 Å². The number of hydrogen-bond donors (Lipinski definition) is 0. The molecule has 0 aliphatic carbocycles. The number of sulfonamides is 1. The predicted molar refractivity (Wildman–Crippen MR) is 94.4 cm³/mol. The number of carbonyl (C=O) groups is 1. The third-order valence-corrected chi connectivity index (χ3v) is 6.17. The van der Waals surface area contributed by atoms with Gasteiger partial charge >= 0.3 is 5.97 Å². The van der Waals surface area contributed by atoms with Crippen LogP contribution in [0.5, 0.6) is 5.75 Å². The predicted octanol–water partition coefficient (Wildman–Crippen LogP) is 1.59. The number of rotatable bonds is 7. The maximum atomic E-state index is 12.9. The van der Waals surface area contributed by atoms with E-state index in [1.54, 1.807) is 0 Å². The van der Waals surface area contributed by atoms with Crippen molar-refractivity contribution in [1.29, 1.82) is 0 Å². The van der Waals surface area contributed by atoms with Crippen LogP contribution < -0.4 is 4.74 Å². The highest BCUT2D eigenvalue weighted by atomic mass is 32.2. The highest BCUT2D eigenvalue weighted by Gasteiger charge is 2.34. The molecule has 1 aromatic rings. The molecule has 1 aliphatic heterocycles. The first kappa shape index (κ1) is 19.7. The van der Waals surface area contributed by atoms with E-state index in [-0.39, 0.29) is 16.5 Å². The van der Waals surface area contributed by atoms with Gasteiger partial charge in [0, 0.05) is 19.1 Å². The first-order chi connectivity index (χ1) is 11.8. The lowest BCUT2D eigenvalue weighted by molar-refractivity contribution is 0.0595. The molecule has 0 radical (unpaired) electrons. The molecule has 0 aromatic heterocycles. The summed E-state index contributed by atoms with van der Waals surface area (Å²) in [4.78, 5) is 14.1. The van der Waals surface area contributed by atoms with Gasteiger partial charge in [0.15, 0.2) is 0 Å². The second-order valence-corrected chi connectivity index (χ2v) is 8.21. The molecule has 25 heavy (non-hydrogen) atoms. The molecular weight excluding hydrogens is 344 g/mol. The SMILES string of the molecule is CCCOc1ccc(S(=O)(=O)N2CC[C@H](N(C)C)C2)cc1C(=O)OC. The molecule has 0 saturated carbocycles. The standard InChI is InChI=1S/C17H26N2O5S/c1-5-10-24-16-7-6-14(11-15(16)17(20)23-4)25(21,22)19-9-8-13(12-19)18(2)3/h6-7,11,13H,5,8-10,12H2,1-4H3/t13-/m0/s1. The Morgan fingerprint density at radius 3 is 2.64 bits per heavy atom. The highest BCUT2D eigenvalue weighted by Crippen LogP contribution is 2.28. The minimum absolute atomic E-state index is 0.0798. The first-order valence-electron chi connectivity index (χ1n) is 8.33. The topological polar surface area (TPSA) is 76.2 Å². The molecule has 1 saturated heterocycles. The van der Waals surface area contributed by atoms with E-state index in [2.05, 4.69) is 0 Å². The second-order valence-electron chi connectivity index (χ2n) is 6.27. The van der Waals surface area contributed by atoms with Gasteiger partial charge in [0.1, 0.15) is 11.3 Å². The number of carbonyl (C=O) groups excluding carboxylic acids is 1. The van der Waals surface area contributed by atoms with Crippen molar-refractivity contribution >= 4 is 16.0 Å². The molecule has 1 aromatic carbocycles. The average molecular weight is 370 g/mol. The third-order valence-electron chi connectivity index (χ3n) is 4.31. The van der Waals surface area contributed by atoms with Crippen molar-refractivity contribution in [2.75, 3.05) is 40.9 Å². The van der Waals surface area contributed by atoms with Gasteiger partial charge in [-0.15, -0.1) is 0 Å². The largest absolute Gasteiger partial charge is 0.493 e. The molecular formula is C17H26N2O5S. The Bertz CT molecular complexity index is 718. The van der Waals surface area contributed by atoms with Gasteiger partial charge in [-0.1, -0.05) is 6.92 Å². The van der Waals surface area contributed by atoms with Crippen molar-refractivity contribution in [3.63, 3.8) is 0 Å². The summed E-state index contributed by atoms with van der Waals surface area (Å²) >= 11 is 0. The van der Waals surface area contributed by atoms with E-state index < -0.39 is 16.0 Å². The van der Waals surface area contributed by atoms with Gasteiger partial charge in [-0.05, 0) is 45.1 Å². The van der Waals surface area contributed by atoms with Gasteiger partial charge in [-0.25, -0.2) is 13.2 Å². The molecule has 7 nitrogen and oxygen atoms in total. The Morgan fingerprint density at radius 1 is 1.36 bits per heavy atom. The van der Waals surface area contributed by atoms with Gasteiger partial charge < -0.3 is 14.4 Å². The quantitative estimate of drug-likeness (QED) is 0.679. The van der Waals surface area contributed by atoms with E-state index >= 15 is 0 Å². The van der Waals surface area contributed by atoms with Crippen LogP contribution in [0.4, 0.5) is 0 Å². The van der Waals surface area contributed by atoms with Crippen LogP contribution in [0, 0.1) is 0 Å². The Morgan fingerprint density at radius 2 is 2.08 bits per heavy atom. The number of esters is 1. The highest BCUT2D eigenvalue weighted by molar-refractivity contribution is 7.89. The first-order valence-corrected chi connectivity index (χ1v) is 9.77. The van der Waals surface area contributed by atoms with E-state index in [4.69, 9.17) is 9.47 Å². The molecule has 1 fully saturated rings. The van der Waals surface area contributed by atoms with Gasteiger partial charge in [0.05, 0.1) is 18.6 Å². The second kappa shape index (κ2) is 8.16. The monoisotopic (exact) mass is 370 g/mol. The summed E-state index contributed by atoms with van der Waals surface area (Å²) in [7, 11) is 1.48. The maximum absolute atomic E-state index is 12.9. The van der Waals surface area contributed by atoms with E-state index in [9.17, 15) is 13.2 Å². The Labute approximate surface area is 149 Å². The van der Waals surface area contributed by atoms with Gasteiger partial charge in [0.25, 0.3) is 0 Å². The zero-order valence-corrected chi connectivity index (χ0v) is 16.0. The number of ether oxygens (including phenoxy) is 2. The summed E-state index contributed by atoms with van der Waals surface area (Å²) < 4.78 is 37.6. The summed E-state index contributed by atoms with van der Waals surface area (Å²) in [6.45, 7) is 3.29. The Hall–Kier alpha value is -1.64. The summed E-state index contributed by atoms with van der Waals surface area (Å²) in [6, 6.07) is 4.54. The van der Waals surface area contributed by atoms with E-state index in [0.29, 0.717) is 25.4 Å². The average Bonchev–Trinajstić information content (AvgIpc) is 3.10. The minimum atomic E-state index is -3.66. The summed E-state index contributed by atoms with van der Waals surface area (Å²) in [5, 5.41) is 0. The van der Waals surface area contributed by atoms with Crippen molar-refractivity contribution in [2.24, 2.45) is 0 Å². The van der Waals surface area contributed by atoms with E-state index in [1.807, 2.05) is 25.9 Å². The molecule has 2 rings (SSSR count). The summed E-state index contributed by atoms with van der Waals surface area (Å²) in [6.07, 6.45) is 1.56. The number of likely N-dealkylation sites (N-methyl/N-ethyl adjacent to an activating group) is 1. The Balaban J connectivity index is 2.33. The van der Waals surface area contributed by atoms with Crippen molar-refractivity contribution < 1.29 is 22.7 Å².